The van der Waals surface area contributed by atoms with Crippen LogP contribution in [0.4, 0.5) is 0 Å². The lowest BCUT2D eigenvalue weighted by Crippen LogP contribution is -2.31. The maximum atomic E-state index is 12.9. The third kappa shape index (κ3) is 4.04. The maximum Gasteiger partial charge on any atom is 0.287 e. The van der Waals surface area contributed by atoms with Crippen molar-refractivity contribution in [3.63, 3.8) is 0 Å². The molecule has 0 radical (unpaired) electrons. The number of hydrogen-bond acceptors (Lipinski definition) is 4. The summed E-state index contributed by atoms with van der Waals surface area (Å²) in [5, 5.41) is 3.99. The summed E-state index contributed by atoms with van der Waals surface area (Å²) in [5.74, 6) is 1.45. The molecule has 0 aliphatic carbocycles. The molecule has 1 aromatic heterocycles. The third-order valence-corrected chi connectivity index (χ3v) is 5.40. The van der Waals surface area contributed by atoms with Crippen LogP contribution in [0.15, 0.2) is 59.0 Å². The molecule has 0 spiro atoms. The van der Waals surface area contributed by atoms with Gasteiger partial charge in [-0.3, -0.25) is 4.79 Å². The number of ether oxygens (including phenoxy) is 1. The highest BCUT2D eigenvalue weighted by atomic mass is 16.5. The highest BCUT2D eigenvalue weighted by molar-refractivity contribution is 5.99. The summed E-state index contributed by atoms with van der Waals surface area (Å²) in [7, 11) is 0. The summed E-state index contributed by atoms with van der Waals surface area (Å²) < 4.78 is 11.8. The van der Waals surface area contributed by atoms with Crippen molar-refractivity contribution in [2.45, 2.75) is 20.0 Å². The van der Waals surface area contributed by atoms with Gasteiger partial charge in [0, 0.05) is 24.0 Å². The van der Waals surface area contributed by atoms with Gasteiger partial charge in [0.25, 0.3) is 5.91 Å². The number of carbonyl (C=O) groups is 1. The molecule has 1 saturated heterocycles. The average Bonchev–Trinajstić information content (AvgIpc) is 3.35. The second-order valence-electron chi connectivity index (χ2n) is 7.27. The third-order valence-electron chi connectivity index (χ3n) is 5.40. The monoisotopic (exact) mass is 378 g/mol. The normalized spacial score (nSPS) is 17.1. The van der Waals surface area contributed by atoms with E-state index in [-0.39, 0.29) is 12.5 Å². The minimum Gasteiger partial charge on any atom is -0.489 e. The van der Waals surface area contributed by atoms with Gasteiger partial charge in [0.05, 0.1) is 0 Å². The van der Waals surface area contributed by atoms with E-state index in [1.54, 1.807) is 0 Å². The van der Waals surface area contributed by atoms with Crippen LogP contribution in [-0.2, 0) is 6.61 Å². The lowest BCUT2D eigenvalue weighted by molar-refractivity contribution is 0.0918. The Bertz CT molecular complexity index is 935. The van der Waals surface area contributed by atoms with E-state index in [9.17, 15) is 4.79 Å². The van der Waals surface area contributed by atoms with E-state index in [1.165, 1.54) is 0 Å². The zero-order valence-corrected chi connectivity index (χ0v) is 16.2. The summed E-state index contributed by atoms with van der Waals surface area (Å²) in [6.45, 7) is 6.35. The van der Waals surface area contributed by atoms with Crippen molar-refractivity contribution < 1.29 is 13.9 Å². The zero-order chi connectivity index (χ0) is 19.3. The van der Waals surface area contributed by atoms with E-state index < -0.39 is 0 Å². The van der Waals surface area contributed by atoms with Crippen LogP contribution in [0, 0.1) is 5.92 Å². The van der Waals surface area contributed by atoms with E-state index in [0.29, 0.717) is 23.8 Å². The summed E-state index contributed by atoms with van der Waals surface area (Å²) in [6, 6.07) is 17.3. The molecule has 2 heterocycles. The van der Waals surface area contributed by atoms with Gasteiger partial charge in [0.1, 0.15) is 17.9 Å². The van der Waals surface area contributed by atoms with E-state index in [2.05, 4.69) is 17.1 Å². The van der Waals surface area contributed by atoms with Gasteiger partial charge in [-0.25, -0.2) is 0 Å². The summed E-state index contributed by atoms with van der Waals surface area (Å²) >= 11 is 0. The van der Waals surface area contributed by atoms with Gasteiger partial charge in [0.2, 0.25) is 0 Å². The van der Waals surface area contributed by atoms with Crippen molar-refractivity contribution in [2.24, 2.45) is 5.92 Å². The molecular weight excluding hydrogens is 352 g/mol. The molecule has 1 N–H and O–H groups in total. The number of fused-ring (bicyclic) bond motifs is 1. The van der Waals surface area contributed by atoms with Crippen LogP contribution >= 0.6 is 0 Å². The van der Waals surface area contributed by atoms with Crippen molar-refractivity contribution >= 4 is 16.9 Å². The largest absolute Gasteiger partial charge is 0.489 e. The summed E-state index contributed by atoms with van der Waals surface area (Å²) in [6.07, 6.45) is 1.12. The van der Waals surface area contributed by atoms with Crippen molar-refractivity contribution in [1.29, 1.82) is 0 Å². The minimum absolute atomic E-state index is 0.169. The minimum atomic E-state index is -0.169. The van der Waals surface area contributed by atoms with Crippen LogP contribution in [0.5, 0.6) is 5.75 Å². The Balaban J connectivity index is 1.50. The van der Waals surface area contributed by atoms with Crippen LogP contribution in [-0.4, -0.2) is 37.0 Å². The number of carbonyl (C=O) groups excluding carboxylic acids is 1. The van der Waals surface area contributed by atoms with Crippen molar-refractivity contribution in [3.05, 3.63) is 65.9 Å². The Morgan fingerprint density at radius 1 is 1.18 bits per heavy atom. The number of nitrogens with one attached hydrogen (secondary N) is 1. The maximum absolute atomic E-state index is 12.9. The number of nitrogens with zero attached hydrogens (tertiary/aromatic N) is 1. The Labute approximate surface area is 165 Å². The first-order valence-electron chi connectivity index (χ1n) is 9.93. The first kappa shape index (κ1) is 18.6. The number of likely N-dealkylation sites (tertiary alicyclic amines) is 1. The number of furan rings is 1. The number of benzene rings is 2. The van der Waals surface area contributed by atoms with Gasteiger partial charge in [-0.15, -0.1) is 0 Å². The highest BCUT2D eigenvalue weighted by Crippen LogP contribution is 2.27. The predicted octanol–water partition coefficient (Wildman–Crippen LogP) is 4.08. The molecule has 0 bridgehead atoms. The Kier molecular flexibility index (Phi) is 5.63. The van der Waals surface area contributed by atoms with Crippen molar-refractivity contribution in [3.8, 4) is 5.75 Å². The molecule has 1 aliphatic rings. The molecule has 1 amide bonds. The Morgan fingerprint density at radius 2 is 1.96 bits per heavy atom. The van der Waals surface area contributed by atoms with Crippen molar-refractivity contribution in [1.82, 2.24) is 10.2 Å². The lowest BCUT2D eigenvalue weighted by Gasteiger charge is -2.13. The van der Waals surface area contributed by atoms with Crippen LogP contribution in [0.3, 0.4) is 0 Å². The SMILES string of the molecule is CCN1CC[C@H](CNC(=O)c2oc3ccccc3c2COc2ccccc2)C1. The standard InChI is InChI=1S/C23H26N2O3/c1-2-25-13-12-17(15-25)14-24-23(26)22-20(16-27-18-8-4-3-5-9-18)19-10-6-7-11-21(19)28-22/h3-11,17H,2,12-16H2,1H3,(H,24,26)/t17-/m1/s1. The van der Waals surface area contributed by atoms with Gasteiger partial charge < -0.3 is 19.4 Å². The summed E-state index contributed by atoms with van der Waals surface area (Å²) in [5.41, 5.74) is 1.50. The van der Waals surface area contributed by atoms with Gasteiger partial charge in [-0.05, 0) is 43.6 Å². The van der Waals surface area contributed by atoms with E-state index >= 15 is 0 Å². The molecule has 146 valence electrons. The molecule has 2 aromatic carbocycles. The number of rotatable bonds is 7. The smallest absolute Gasteiger partial charge is 0.287 e. The Hall–Kier alpha value is -2.79. The van der Waals surface area contributed by atoms with Gasteiger partial charge in [-0.2, -0.15) is 0 Å². The molecule has 3 aromatic rings. The second kappa shape index (κ2) is 8.48. The molecule has 28 heavy (non-hydrogen) atoms. The number of para-hydroxylation sites is 2. The topological polar surface area (TPSA) is 54.7 Å². The fourth-order valence-electron chi connectivity index (χ4n) is 3.78. The number of amides is 1. The van der Waals surface area contributed by atoms with Gasteiger partial charge >= 0.3 is 0 Å². The first-order chi connectivity index (χ1) is 13.7. The summed E-state index contributed by atoms with van der Waals surface area (Å²) in [4.78, 5) is 15.3. The second-order valence-corrected chi connectivity index (χ2v) is 7.27. The molecule has 0 saturated carbocycles. The fourth-order valence-corrected chi connectivity index (χ4v) is 3.78. The molecule has 1 aliphatic heterocycles. The zero-order valence-electron chi connectivity index (χ0n) is 16.2. The molecule has 0 unspecified atom stereocenters. The predicted molar refractivity (Wildman–Crippen MR) is 110 cm³/mol. The fraction of sp³-hybridized carbons (Fsp3) is 0.348. The van der Waals surface area contributed by atoms with Crippen LogP contribution in [0.1, 0.15) is 29.5 Å². The Morgan fingerprint density at radius 3 is 2.75 bits per heavy atom. The lowest BCUT2D eigenvalue weighted by atomic mass is 10.1. The van der Waals surface area contributed by atoms with E-state index in [4.69, 9.17) is 9.15 Å². The molecular formula is C23H26N2O3. The van der Waals surface area contributed by atoms with Crippen LogP contribution in [0.25, 0.3) is 11.0 Å². The van der Waals surface area contributed by atoms with E-state index in [0.717, 1.165) is 42.8 Å². The molecule has 4 rings (SSSR count). The molecule has 5 nitrogen and oxygen atoms in total. The van der Waals surface area contributed by atoms with Gasteiger partial charge in [-0.1, -0.05) is 43.3 Å². The first-order valence-corrected chi connectivity index (χ1v) is 9.93. The highest BCUT2D eigenvalue weighted by Gasteiger charge is 2.24. The van der Waals surface area contributed by atoms with E-state index in [1.807, 2.05) is 54.6 Å². The van der Waals surface area contributed by atoms with Crippen LogP contribution in [0.2, 0.25) is 0 Å². The quantitative estimate of drug-likeness (QED) is 0.673. The average molecular weight is 378 g/mol. The van der Waals surface area contributed by atoms with Crippen molar-refractivity contribution in [2.75, 3.05) is 26.2 Å². The molecule has 1 fully saturated rings. The van der Waals surface area contributed by atoms with Gasteiger partial charge in [0.15, 0.2) is 5.76 Å². The molecule has 5 heteroatoms. The number of hydrogen-bond donors (Lipinski definition) is 1. The van der Waals surface area contributed by atoms with Crippen LogP contribution < -0.4 is 10.1 Å². The molecule has 1 atom stereocenters.